The maximum absolute atomic E-state index is 11.4. The van der Waals surface area contributed by atoms with Crippen molar-refractivity contribution in [3.05, 3.63) is 35.5 Å². The first-order valence-corrected chi connectivity index (χ1v) is 8.43. The van der Waals surface area contributed by atoms with E-state index in [4.69, 9.17) is 0 Å². The molecule has 4 nitrogen and oxygen atoms in total. The molecule has 0 fully saturated rings. The van der Waals surface area contributed by atoms with Crippen LogP contribution < -0.4 is 5.32 Å². The monoisotopic (exact) mass is 337 g/mol. The van der Waals surface area contributed by atoms with E-state index >= 15 is 0 Å². The SMILES string of the molecule is C=C(CN[C@@H](C)C(=O)OC)[C@H](C)[C@@H](O)/C(C)=C/C(C)=C/C(C)(C)C. The van der Waals surface area contributed by atoms with Crippen LogP contribution in [-0.4, -0.2) is 36.9 Å². The van der Waals surface area contributed by atoms with Gasteiger partial charge in [0.15, 0.2) is 0 Å². The molecular weight excluding hydrogens is 302 g/mol. The molecule has 0 aromatic carbocycles. The maximum atomic E-state index is 11.4. The number of nitrogens with one attached hydrogen (secondary N) is 1. The fourth-order valence-electron chi connectivity index (χ4n) is 2.49. The van der Waals surface area contributed by atoms with Crippen LogP contribution in [-0.2, 0) is 9.53 Å². The molecule has 0 spiro atoms. The van der Waals surface area contributed by atoms with E-state index < -0.39 is 12.1 Å². The summed E-state index contributed by atoms with van der Waals surface area (Å²) in [4.78, 5) is 11.4. The molecule has 24 heavy (non-hydrogen) atoms. The molecule has 0 aromatic heterocycles. The van der Waals surface area contributed by atoms with Crippen molar-refractivity contribution >= 4 is 5.97 Å². The summed E-state index contributed by atoms with van der Waals surface area (Å²) in [6.07, 6.45) is 3.60. The second-order valence-corrected chi connectivity index (χ2v) is 7.66. The molecule has 0 amide bonds. The average Bonchev–Trinajstić information content (AvgIpc) is 2.47. The Balaban J connectivity index is 4.79. The number of aliphatic hydroxyl groups excluding tert-OH is 1. The molecule has 0 rings (SSSR count). The Bertz CT molecular complexity index is 498. The molecule has 3 atom stereocenters. The van der Waals surface area contributed by atoms with Crippen LogP contribution in [0.3, 0.4) is 0 Å². The van der Waals surface area contributed by atoms with Crippen molar-refractivity contribution in [1.82, 2.24) is 5.32 Å². The molecule has 0 unspecified atom stereocenters. The normalized spacial score (nSPS) is 17.2. The van der Waals surface area contributed by atoms with Crippen molar-refractivity contribution in [2.45, 2.75) is 60.6 Å². The molecule has 0 aliphatic carbocycles. The van der Waals surface area contributed by atoms with Crippen molar-refractivity contribution in [3.63, 3.8) is 0 Å². The van der Waals surface area contributed by atoms with Crippen LogP contribution in [0.25, 0.3) is 0 Å². The summed E-state index contributed by atoms with van der Waals surface area (Å²) < 4.78 is 4.68. The first-order chi connectivity index (χ1) is 10.9. The Labute approximate surface area is 147 Å². The van der Waals surface area contributed by atoms with Crippen LogP contribution in [0, 0.1) is 11.3 Å². The number of rotatable bonds is 8. The molecule has 2 N–H and O–H groups in total. The lowest BCUT2D eigenvalue weighted by atomic mass is 9.89. The average molecular weight is 338 g/mol. The lowest BCUT2D eigenvalue weighted by Crippen LogP contribution is -2.37. The summed E-state index contributed by atoms with van der Waals surface area (Å²) in [5.74, 6) is -0.420. The highest BCUT2D eigenvalue weighted by atomic mass is 16.5. The molecule has 0 aromatic rings. The van der Waals surface area contributed by atoms with Gasteiger partial charge in [0.2, 0.25) is 0 Å². The minimum atomic E-state index is -0.601. The number of carbonyl (C=O) groups is 1. The van der Waals surface area contributed by atoms with Gasteiger partial charge >= 0.3 is 5.97 Å². The summed E-state index contributed by atoms with van der Waals surface area (Å²) in [5.41, 5.74) is 3.00. The lowest BCUT2D eigenvalue weighted by Gasteiger charge is -2.23. The summed E-state index contributed by atoms with van der Waals surface area (Å²) in [5, 5.41) is 13.6. The van der Waals surface area contributed by atoms with Crippen molar-refractivity contribution < 1.29 is 14.6 Å². The highest BCUT2D eigenvalue weighted by molar-refractivity contribution is 5.75. The molecular formula is C20H35NO3. The van der Waals surface area contributed by atoms with E-state index in [2.05, 4.69) is 43.5 Å². The molecule has 138 valence electrons. The maximum Gasteiger partial charge on any atom is 0.322 e. The highest BCUT2D eigenvalue weighted by Gasteiger charge is 2.20. The fourth-order valence-corrected chi connectivity index (χ4v) is 2.49. The third kappa shape index (κ3) is 8.46. The minimum Gasteiger partial charge on any atom is -0.468 e. The van der Waals surface area contributed by atoms with Gasteiger partial charge in [-0.2, -0.15) is 0 Å². The molecule has 0 aliphatic heterocycles. The zero-order chi connectivity index (χ0) is 19.1. The number of ether oxygens (including phenoxy) is 1. The number of aliphatic hydroxyl groups is 1. The van der Waals surface area contributed by atoms with E-state index in [9.17, 15) is 9.90 Å². The van der Waals surface area contributed by atoms with E-state index in [0.717, 1.165) is 16.7 Å². The molecule has 0 bridgehead atoms. The Morgan fingerprint density at radius 2 is 1.83 bits per heavy atom. The topological polar surface area (TPSA) is 58.6 Å². The van der Waals surface area contributed by atoms with Gasteiger partial charge in [-0.15, -0.1) is 0 Å². The Morgan fingerprint density at radius 3 is 2.29 bits per heavy atom. The lowest BCUT2D eigenvalue weighted by molar-refractivity contribution is -0.142. The number of esters is 1. The van der Waals surface area contributed by atoms with Crippen molar-refractivity contribution in [3.8, 4) is 0 Å². The Kier molecular flexibility index (Phi) is 9.23. The van der Waals surface area contributed by atoms with Crippen molar-refractivity contribution in [2.75, 3.05) is 13.7 Å². The minimum absolute atomic E-state index is 0.106. The number of hydrogen-bond acceptors (Lipinski definition) is 4. The third-order valence-corrected chi connectivity index (χ3v) is 3.89. The van der Waals surface area contributed by atoms with Gasteiger partial charge in [0.05, 0.1) is 13.2 Å². The molecule has 4 heteroatoms. The van der Waals surface area contributed by atoms with Gasteiger partial charge in [-0.3, -0.25) is 4.79 Å². The predicted molar refractivity (Wildman–Crippen MR) is 101 cm³/mol. The highest BCUT2D eigenvalue weighted by Crippen LogP contribution is 2.22. The summed E-state index contributed by atoms with van der Waals surface area (Å²) in [6, 6.07) is -0.398. The molecule has 0 saturated heterocycles. The number of carbonyl (C=O) groups excluding carboxylic acids is 1. The van der Waals surface area contributed by atoms with E-state index in [1.807, 2.05) is 26.8 Å². The standard InChI is InChI=1S/C20H35NO3/c1-13(11-20(6,7)8)10-14(2)18(22)16(4)15(3)12-21-17(5)19(23)24-9/h10-11,16-18,21-22H,3,12H2,1-2,4-9H3/b13-11+,14-10+/t16-,17-,18-/m0/s1. The van der Waals surface area contributed by atoms with Crippen LogP contribution >= 0.6 is 0 Å². The first-order valence-electron chi connectivity index (χ1n) is 8.43. The summed E-state index contributed by atoms with van der Waals surface area (Å²) in [6.45, 7) is 18.6. The zero-order valence-corrected chi connectivity index (χ0v) is 16.6. The number of methoxy groups -OCH3 is 1. The third-order valence-electron chi connectivity index (χ3n) is 3.89. The Morgan fingerprint density at radius 1 is 1.29 bits per heavy atom. The van der Waals surface area contributed by atoms with E-state index in [-0.39, 0.29) is 17.3 Å². The van der Waals surface area contributed by atoms with Gasteiger partial charge in [0.25, 0.3) is 0 Å². The molecule has 0 aliphatic rings. The smallest absolute Gasteiger partial charge is 0.322 e. The van der Waals surface area contributed by atoms with Crippen molar-refractivity contribution in [1.29, 1.82) is 0 Å². The number of hydrogen-bond donors (Lipinski definition) is 2. The van der Waals surface area contributed by atoms with Gasteiger partial charge in [-0.25, -0.2) is 0 Å². The molecule has 0 saturated carbocycles. The molecule has 0 heterocycles. The quantitative estimate of drug-likeness (QED) is 0.403. The van der Waals surface area contributed by atoms with Gasteiger partial charge in [-0.05, 0) is 31.8 Å². The van der Waals surface area contributed by atoms with E-state index in [1.54, 1.807) is 6.92 Å². The van der Waals surface area contributed by atoms with Crippen LogP contribution in [0.2, 0.25) is 0 Å². The second-order valence-electron chi connectivity index (χ2n) is 7.66. The fraction of sp³-hybridized carbons (Fsp3) is 0.650. The van der Waals surface area contributed by atoms with Gasteiger partial charge in [0.1, 0.15) is 6.04 Å². The Hall–Kier alpha value is -1.39. The second kappa shape index (κ2) is 9.80. The zero-order valence-electron chi connectivity index (χ0n) is 16.6. The van der Waals surface area contributed by atoms with Crippen molar-refractivity contribution in [2.24, 2.45) is 11.3 Å². The predicted octanol–water partition coefficient (Wildman–Crippen LogP) is 3.63. The largest absolute Gasteiger partial charge is 0.468 e. The van der Waals surface area contributed by atoms with E-state index in [0.29, 0.717) is 6.54 Å². The van der Waals surface area contributed by atoms with Gasteiger partial charge in [-0.1, -0.05) is 57.6 Å². The first kappa shape index (κ1) is 22.6. The van der Waals surface area contributed by atoms with Crippen LogP contribution in [0.1, 0.15) is 48.5 Å². The molecule has 0 radical (unpaired) electrons. The van der Waals surface area contributed by atoms with Gasteiger partial charge in [0, 0.05) is 12.5 Å². The number of allylic oxidation sites excluding steroid dienone is 3. The van der Waals surface area contributed by atoms with E-state index in [1.165, 1.54) is 7.11 Å². The van der Waals surface area contributed by atoms with Crippen LogP contribution in [0.5, 0.6) is 0 Å². The van der Waals surface area contributed by atoms with Crippen LogP contribution in [0.15, 0.2) is 35.5 Å². The summed E-state index contributed by atoms with van der Waals surface area (Å²) in [7, 11) is 1.36. The van der Waals surface area contributed by atoms with Gasteiger partial charge < -0.3 is 15.2 Å². The summed E-state index contributed by atoms with van der Waals surface area (Å²) >= 11 is 0. The van der Waals surface area contributed by atoms with Crippen LogP contribution in [0.4, 0.5) is 0 Å².